The van der Waals surface area contributed by atoms with Gasteiger partial charge in [-0.05, 0) is 31.0 Å². The number of benzene rings is 1. The summed E-state index contributed by atoms with van der Waals surface area (Å²) >= 11 is 0. The fourth-order valence-electron chi connectivity index (χ4n) is 1.19. The van der Waals surface area contributed by atoms with E-state index < -0.39 is 0 Å². The molecule has 15 heavy (non-hydrogen) atoms. The van der Waals surface area contributed by atoms with Gasteiger partial charge < -0.3 is 10.5 Å². The molecule has 0 aromatic heterocycles. The third-order valence-electron chi connectivity index (χ3n) is 1.92. The van der Waals surface area contributed by atoms with E-state index in [9.17, 15) is 0 Å². The van der Waals surface area contributed by atoms with Gasteiger partial charge in [0.15, 0.2) is 0 Å². The van der Waals surface area contributed by atoms with Crippen molar-refractivity contribution in [1.82, 2.24) is 0 Å². The smallest absolute Gasteiger partial charge is 0.119 e. The molecular weight excluding hydrogens is 186 g/mol. The van der Waals surface area contributed by atoms with Crippen LogP contribution in [0.15, 0.2) is 30.3 Å². The van der Waals surface area contributed by atoms with Crippen LogP contribution < -0.4 is 10.5 Å². The van der Waals surface area contributed by atoms with Gasteiger partial charge in [-0.1, -0.05) is 31.2 Å². The highest BCUT2D eigenvalue weighted by atomic mass is 16.5. The van der Waals surface area contributed by atoms with Crippen molar-refractivity contribution in [2.45, 2.75) is 26.3 Å². The molecule has 0 radical (unpaired) electrons. The van der Waals surface area contributed by atoms with Crippen LogP contribution in [0.5, 0.6) is 5.75 Å². The van der Waals surface area contributed by atoms with E-state index in [4.69, 9.17) is 10.5 Å². The lowest BCUT2D eigenvalue weighted by Gasteiger charge is -2.04. The summed E-state index contributed by atoms with van der Waals surface area (Å²) in [5.41, 5.74) is 6.77. The van der Waals surface area contributed by atoms with Crippen LogP contribution in [0.1, 0.15) is 25.8 Å². The first-order valence-corrected chi connectivity index (χ1v) is 5.39. The minimum atomic E-state index is 0.0882. The molecule has 2 nitrogen and oxygen atoms in total. The highest BCUT2D eigenvalue weighted by Crippen LogP contribution is 2.14. The topological polar surface area (TPSA) is 35.2 Å². The molecule has 0 saturated carbocycles. The predicted octanol–water partition coefficient (Wildman–Crippen LogP) is 2.84. The zero-order valence-electron chi connectivity index (χ0n) is 9.44. The summed E-state index contributed by atoms with van der Waals surface area (Å²) in [6.45, 7) is 4.81. The standard InChI is InChI=1S/C13H19NO/c1-3-9-15-13-6-4-5-12(10-13)8-7-11(2)14/h4-8,10-11H,3,9,14H2,1-2H3/b8-7+. The molecule has 1 aromatic rings. The third-order valence-corrected chi connectivity index (χ3v) is 1.92. The first kappa shape index (κ1) is 11.8. The monoisotopic (exact) mass is 205 g/mol. The van der Waals surface area contributed by atoms with Gasteiger partial charge in [-0.2, -0.15) is 0 Å². The van der Waals surface area contributed by atoms with Crippen LogP contribution in [-0.4, -0.2) is 12.6 Å². The molecule has 0 saturated heterocycles. The molecule has 2 heteroatoms. The van der Waals surface area contributed by atoms with E-state index in [0.29, 0.717) is 0 Å². The third kappa shape index (κ3) is 4.66. The Kier molecular flexibility index (Phi) is 4.91. The fraction of sp³-hybridized carbons (Fsp3) is 0.385. The second-order valence-corrected chi connectivity index (χ2v) is 3.64. The molecule has 0 aliphatic carbocycles. The van der Waals surface area contributed by atoms with Gasteiger partial charge in [-0.15, -0.1) is 0 Å². The zero-order valence-corrected chi connectivity index (χ0v) is 9.44. The largest absolute Gasteiger partial charge is 0.494 e. The number of hydrogen-bond donors (Lipinski definition) is 1. The molecule has 82 valence electrons. The van der Waals surface area contributed by atoms with Gasteiger partial charge in [0.2, 0.25) is 0 Å². The Balaban J connectivity index is 2.65. The second-order valence-electron chi connectivity index (χ2n) is 3.64. The number of hydrogen-bond acceptors (Lipinski definition) is 2. The Morgan fingerprint density at radius 2 is 2.27 bits per heavy atom. The van der Waals surface area contributed by atoms with Crippen molar-refractivity contribution in [2.75, 3.05) is 6.61 Å². The number of rotatable bonds is 5. The average Bonchev–Trinajstić information content (AvgIpc) is 2.24. The Labute approximate surface area is 91.7 Å². The molecular formula is C13H19NO. The first-order valence-electron chi connectivity index (χ1n) is 5.39. The number of nitrogens with two attached hydrogens (primary N) is 1. The van der Waals surface area contributed by atoms with Crippen molar-refractivity contribution in [3.63, 3.8) is 0 Å². The van der Waals surface area contributed by atoms with Crippen molar-refractivity contribution >= 4 is 6.08 Å². The maximum absolute atomic E-state index is 5.64. The highest BCUT2D eigenvalue weighted by molar-refractivity contribution is 5.52. The summed E-state index contributed by atoms with van der Waals surface area (Å²) in [6.07, 6.45) is 5.02. The lowest BCUT2D eigenvalue weighted by molar-refractivity contribution is 0.317. The lowest BCUT2D eigenvalue weighted by Crippen LogP contribution is -2.09. The molecule has 0 spiro atoms. The van der Waals surface area contributed by atoms with E-state index in [2.05, 4.69) is 6.92 Å². The highest BCUT2D eigenvalue weighted by Gasteiger charge is 1.93. The maximum Gasteiger partial charge on any atom is 0.119 e. The van der Waals surface area contributed by atoms with Crippen molar-refractivity contribution in [2.24, 2.45) is 5.73 Å². The SMILES string of the molecule is CCCOc1cccc(/C=C/C(C)N)c1. The minimum absolute atomic E-state index is 0.0882. The van der Waals surface area contributed by atoms with E-state index in [1.807, 2.05) is 43.3 Å². The van der Waals surface area contributed by atoms with Gasteiger partial charge in [0.05, 0.1) is 6.61 Å². The number of ether oxygens (including phenoxy) is 1. The summed E-state index contributed by atoms with van der Waals surface area (Å²) in [7, 11) is 0. The summed E-state index contributed by atoms with van der Waals surface area (Å²) in [6, 6.07) is 8.11. The molecule has 0 fully saturated rings. The Hall–Kier alpha value is -1.28. The summed E-state index contributed by atoms with van der Waals surface area (Å²) in [4.78, 5) is 0. The molecule has 2 N–H and O–H groups in total. The Morgan fingerprint density at radius 1 is 1.47 bits per heavy atom. The molecule has 0 amide bonds. The van der Waals surface area contributed by atoms with Crippen LogP contribution in [-0.2, 0) is 0 Å². The van der Waals surface area contributed by atoms with Crippen LogP contribution in [0.4, 0.5) is 0 Å². The molecule has 1 aromatic carbocycles. The zero-order chi connectivity index (χ0) is 11.1. The van der Waals surface area contributed by atoms with Crippen LogP contribution in [0.25, 0.3) is 6.08 Å². The van der Waals surface area contributed by atoms with Crippen molar-refractivity contribution < 1.29 is 4.74 Å². The molecule has 1 rings (SSSR count). The molecule has 0 aliphatic rings. The molecule has 0 heterocycles. The quantitative estimate of drug-likeness (QED) is 0.802. The van der Waals surface area contributed by atoms with Crippen molar-refractivity contribution in [3.8, 4) is 5.75 Å². The van der Waals surface area contributed by atoms with Gasteiger partial charge in [0.1, 0.15) is 5.75 Å². The first-order chi connectivity index (χ1) is 7.22. The summed E-state index contributed by atoms with van der Waals surface area (Å²) < 4.78 is 5.54. The fourth-order valence-corrected chi connectivity index (χ4v) is 1.19. The van der Waals surface area contributed by atoms with Gasteiger partial charge in [-0.25, -0.2) is 0 Å². The van der Waals surface area contributed by atoms with Gasteiger partial charge >= 0.3 is 0 Å². The van der Waals surface area contributed by atoms with E-state index >= 15 is 0 Å². The van der Waals surface area contributed by atoms with Crippen LogP contribution in [0.2, 0.25) is 0 Å². The molecule has 0 bridgehead atoms. The van der Waals surface area contributed by atoms with E-state index in [1.54, 1.807) is 0 Å². The average molecular weight is 205 g/mol. The van der Waals surface area contributed by atoms with Crippen LogP contribution in [0, 0.1) is 0 Å². The maximum atomic E-state index is 5.64. The van der Waals surface area contributed by atoms with Crippen molar-refractivity contribution in [3.05, 3.63) is 35.9 Å². The van der Waals surface area contributed by atoms with Gasteiger partial charge in [0, 0.05) is 6.04 Å². The van der Waals surface area contributed by atoms with Crippen LogP contribution in [0.3, 0.4) is 0 Å². The van der Waals surface area contributed by atoms with Gasteiger partial charge in [0.25, 0.3) is 0 Å². The summed E-state index contributed by atoms with van der Waals surface area (Å²) in [5.74, 6) is 0.920. The Morgan fingerprint density at radius 3 is 2.93 bits per heavy atom. The second kappa shape index (κ2) is 6.25. The van der Waals surface area contributed by atoms with Crippen LogP contribution >= 0.6 is 0 Å². The summed E-state index contributed by atoms with van der Waals surface area (Å²) in [5, 5.41) is 0. The molecule has 1 atom stereocenters. The van der Waals surface area contributed by atoms with E-state index in [-0.39, 0.29) is 6.04 Å². The van der Waals surface area contributed by atoms with E-state index in [0.717, 1.165) is 24.3 Å². The molecule has 1 unspecified atom stereocenters. The van der Waals surface area contributed by atoms with Crippen molar-refractivity contribution in [1.29, 1.82) is 0 Å². The van der Waals surface area contributed by atoms with E-state index in [1.165, 1.54) is 0 Å². The minimum Gasteiger partial charge on any atom is -0.494 e. The predicted molar refractivity (Wildman–Crippen MR) is 64.9 cm³/mol. The normalized spacial score (nSPS) is 13.0. The molecule has 0 aliphatic heterocycles. The lowest BCUT2D eigenvalue weighted by atomic mass is 10.2. The Bertz CT molecular complexity index is 318. The van der Waals surface area contributed by atoms with Gasteiger partial charge in [-0.3, -0.25) is 0 Å².